The molecule has 0 saturated heterocycles. The molecule has 0 amide bonds. The average Bonchev–Trinajstić information content (AvgIpc) is 3.43. The van der Waals surface area contributed by atoms with Crippen molar-refractivity contribution < 1.29 is 28.6 Å². The van der Waals surface area contributed by atoms with Crippen LogP contribution >= 0.6 is 0 Å². The van der Waals surface area contributed by atoms with Crippen LogP contribution in [0.2, 0.25) is 0 Å². The van der Waals surface area contributed by atoms with Crippen LogP contribution in [-0.4, -0.2) is 37.2 Å². The van der Waals surface area contributed by atoms with E-state index >= 15 is 0 Å². The van der Waals surface area contributed by atoms with Gasteiger partial charge >= 0.3 is 17.9 Å². The Labute approximate surface area is 472 Å². The van der Waals surface area contributed by atoms with Crippen LogP contribution in [0.5, 0.6) is 0 Å². The van der Waals surface area contributed by atoms with Crippen molar-refractivity contribution in [2.45, 2.75) is 245 Å². The highest BCUT2D eigenvalue weighted by Gasteiger charge is 2.19. The van der Waals surface area contributed by atoms with Gasteiger partial charge in [0.15, 0.2) is 6.10 Å². The first-order valence-electron chi connectivity index (χ1n) is 30.6. The largest absolute Gasteiger partial charge is 0.462 e. The zero-order chi connectivity index (χ0) is 55.7. The van der Waals surface area contributed by atoms with Crippen LogP contribution in [0.3, 0.4) is 0 Å². The average molecular weight is 1060 g/mol. The zero-order valence-corrected chi connectivity index (χ0v) is 49.1. The predicted molar refractivity (Wildman–Crippen MR) is 334 cm³/mol. The van der Waals surface area contributed by atoms with E-state index in [1.165, 1.54) is 51.4 Å². The number of ether oxygens (including phenoxy) is 3. The highest BCUT2D eigenvalue weighted by Crippen LogP contribution is 2.14. The van der Waals surface area contributed by atoms with E-state index in [9.17, 15) is 14.4 Å². The Bertz CT molecular complexity index is 1790. The fraction of sp³-hybridized carbons (Fsp3) is 0.563. The van der Waals surface area contributed by atoms with Gasteiger partial charge in [0.2, 0.25) is 0 Å². The van der Waals surface area contributed by atoms with Crippen LogP contribution in [0, 0.1) is 0 Å². The van der Waals surface area contributed by atoms with Gasteiger partial charge in [-0.2, -0.15) is 0 Å². The molecule has 6 nitrogen and oxygen atoms in total. The second kappa shape index (κ2) is 63.3. The number of unbranched alkanes of at least 4 members (excludes halogenated alkanes) is 14. The van der Waals surface area contributed by atoms with Crippen LogP contribution in [0.15, 0.2) is 170 Å². The highest BCUT2D eigenvalue weighted by molar-refractivity contribution is 5.71. The molecule has 0 aromatic rings. The molecule has 0 heterocycles. The smallest absolute Gasteiger partial charge is 0.306 e. The molecule has 1 atom stereocenters. The summed E-state index contributed by atoms with van der Waals surface area (Å²) in [5, 5.41) is 0. The monoisotopic (exact) mass is 1060 g/mol. The molecule has 1 unspecified atom stereocenters. The molecule has 6 heteroatoms. The van der Waals surface area contributed by atoms with Gasteiger partial charge in [0.25, 0.3) is 0 Å². The second-order valence-corrected chi connectivity index (χ2v) is 19.5. The molecule has 430 valence electrons. The predicted octanol–water partition coefficient (Wildman–Crippen LogP) is 21.1. The van der Waals surface area contributed by atoms with E-state index in [2.05, 4.69) is 179 Å². The minimum atomic E-state index is -0.841. The lowest BCUT2D eigenvalue weighted by Crippen LogP contribution is -2.30. The minimum absolute atomic E-state index is 0.126. The lowest BCUT2D eigenvalue weighted by molar-refractivity contribution is -0.166. The lowest BCUT2D eigenvalue weighted by atomic mass is 10.1. The fourth-order valence-electron chi connectivity index (χ4n) is 7.74. The summed E-state index contributed by atoms with van der Waals surface area (Å²) >= 11 is 0. The van der Waals surface area contributed by atoms with Crippen molar-refractivity contribution in [2.75, 3.05) is 13.2 Å². The van der Waals surface area contributed by atoms with Crippen molar-refractivity contribution in [1.82, 2.24) is 0 Å². The molecular formula is C71H110O6. The Kier molecular flexibility index (Phi) is 59.0. The molecule has 77 heavy (non-hydrogen) atoms. The van der Waals surface area contributed by atoms with Gasteiger partial charge in [-0.3, -0.25) is 14.4 Å². The first-order chi connectivity index (χ1) is 38.0. The maximum atomic E-state index is 12.9. The highest BCUT2D eigenvalue weighted by atomic mass is 16.6. The minimum Gasteiger partial charge on any atom is -0.462 e. The molecule has 0 radical (unpaired) electrons. The Morgan fingerprint density at radius 2 is 0.494 bits per heavy atom. The summed E-state index contributed by atoms with van der Waals surface area (Å²) in [5.41, 5.74) is 0. The molecule has 0 rings (SSSR count). The zero-order valence-electron chi connectivity index (χ0n) is 49.1. The summed E-state index contributed by atoms with van der Waals surface area (Å²) in [6.45, 7) is 6.20. The summed E-state index contributed by atoms with van der Waals surface area (Å²) in [7, 11) is 0. The molecule has 0 aliphatic carbocycles. The fourth-order valence-corrected chi connectivity index (χ4v) is 7.74. The normalized spacial score (nSPS) is 13.3. The molecule has 0 saturated carbocycles. The Hall–Kier alpha value is -5.23. The van der Waals surface area contributed by atoms with E-state index in [4.69, 9.17) is 14.2 Å². The van der Waals surface area contributed by atoms with Gasteiger partial charge in [-0.05, 0) is 135 Å². The van der Waals surface area contributed by atoms with Crippen LogP contribution in [0.1, 0.15) is 239 Å². The molecule has 0 N–H and O–H groups in total. The number of rotatable bonds is 53. The Morgan fingerprint density at radius 3 is 0.779 bits per heavy atom. The van der Waals surface area contributed by atoms with Crippen molar-refractivity contribution in [3.05, 3.63) is 170 Å². The van der Waals surface area contributed by atoms with Gasteiger partial charge in [-0.25, -0.2) is 0 Å². The standard InChI is InChI=1S/C71H110O6/c1-4-7-10-13-16-19-22-25-28-31-33-34-35-36-38-40-43-46-49-52-55-58-61-64-70(73)76-67-68(66-75-69(72)63-60-57-54-51-48-45-42-39-30-27-24-21-18-15-12-9-6-3)77-71(74)65-62-59-56-53-50-47-44-41-37-32-29-26-23-20-17-14-11-8-5-2/h7-12,16-21,25-30,33-34,37,41-42,45,47,50,56,59,68H,4-6,13-15,22-24,31-32,35-36,38-40,43-44,46,48-49,51-55,57-58,60-67H2,1-3H3/b10-7-,11-8-,12-9-,19-16-,20-17-,21-18-,28-25-,29-26-,30-27-,34-33-,41-37-,45-42-,50-47-,59-56-. The first kappa shape index (κ1) is 71.8. The Morgan fingerprint density at radius 1 is 0.260 bits per heavy atom. The molecule has 0 aliphatic rings. The summed E-state index contributed by atoms with van der Waals surface area (Å²) in [4.78, 5) is 38.3. The van der Waals surface area contributed by atoms with E-state index in [1.54, 1.807) is 0 Å². The second-order valence-electron chi connectivity index (χ2n) is 19.5. The molecule has 0 bridgehead atoms. The first-order valence-corrected chi connectivity index (χ1v) is 30.6. The number of carbonyl (C=O) groups excluding carboxylic acids is 3. The third kappa shape index (κ3) is 61.5. The molecule has 0 aliphatic heterocycles. The van der Waals surface area contributed by atoms with E-state index in [-0.39, 0.29) is 31.6 Å². The van der Waals surface area contributed by atoms with E-state index in [0.29, 0.717) is 19.3 Å². The third-order valence-electron chi connectivity index (χ3n) is 12.2. The van der Waals surface area contributed by atoms with Gasteiger partial charge in [0, 0.05) is 19.3 Å². The number of carbonyl (C=O) groups is 3. The number of esters is 3. The quantitative estimate of drug-likeness (QED) is 0.0261. The maximum absolute atomic E-state index is 12.9. The van der Waals surface area contributed by atoms with Crippen LogP contribution < -0.4 is 0 Å². The Balaban J connectivity index is 4.55. The number of allylic oxidation sites excluding steroid dienone is 28. The van der Waals surface area contributed by atoms with Crippen molar-refractivity contribution in [3.8, 4) is 0 Å². The molecule has 0 spiro atoms. The topological polar surface area (TPSA) is 78.9 Å². The van der Waals surface area contributed by atoms with Gasteiger partial charge in [-0.1, -0.05) is 255 Å². The summed E-state index contributed by atoms with van der Waals surface area (Å²) < 4.78 is 16.8. The van der Waals surface area contributed by atoms with Gasteiger partial charge < -0.3 is 14.2 Å². The van der Waals surface area contributed by atoms with E-state index in [0.717, 1.165) is 141 Å². The van der Waals surface area contributed by atoms with E-state index in [1.807, 2.05) is 12.2 Å². The van der Waals surface area contributed by atoms with Crippen molar-refractivity contribution in [3.63, 3.8) is 0 Å². The van der Waals surface area contributed by atoms with Crippen molar-refractivity contribution in [1.29, 1.82) is 0 Å². The van der Waals surface area contributed by atoms with Crippen molar-refractivity contribution >= 4 is 17.9 Å². The number of hydrogen-bond acceptors (Lipinski definition) is 6. The van der Waals surface area contributed by atoms with Gasteiger partial charge in [0.05, 0.1) is 0 Å². The van der Waals surface area contributed by atoms with Gasteiger partial charge in [-0.15, -0.1) is 0 Å². The summed E-state index contributed by atoms with van der Waals surface area (Å²) in [6, 6.07) is 0. The molecule has 0 aromatic carbocycles. The van der Waals surface area contributed by atoms with Crippen molar-refractivity contribution in [2.24, 2.45) is 0 Å². The third-order valence-corrected chi connectivity index (χ3v) is 12.2. The summed E-state index contributed by atoms with van der Waals surface area (Å²) in [6.07, 6.45) is 93.6. The van der Waals surface area contributed by atoms with Crippen LogP contribution in [0.4, 0.5) is 0 Å². The summed E-state index contributed by atoms with van der Waals surface area (Å²) in [5.74, 6) is -1.05. The molecule has 0 fully saturated rings. The molecule has 0 aromatic heterocycles. The SMILES string of the molecule is CC/C=C\C/C=C\C/C=C\C/C=C\C/C=C\C/C=C\CCC(=O)OC(COC(=O)CCCCCC/C=C\C/C=C\C/C=C\C/C=C\CC)COC(=O)CCCCCCCCCCCC/C=C\C/C=C\C/C=C\C/C=C\CC. The van der Waals surface area contributed by atoms with Gasteiger partial charge in [0.1, 0.15) is 13.2 Å². The lowest BCUT2D eigenvalue weighted by Gasteiger charge is -2.18. The van der Waals surface area contributed by atoms with Crippen LogP contribution in [0.25, 0.3) is 0 Å². The number of hydrogen-bond donors (Lipinski definition) is 0. The van der Waals surface area contributed by atoms with Crippen LogP contribution in [-0.2, 0) is 28.6 Å². The maximum Gasteiger partial charge on any atom is 0.306 e. The molecular weight excluding hydrogens is 949 g/mol. The van der Waals surface area contributed by atoms with E-state index < -0.39 is 12.1 Å².